The third kappa shape index (κ3) is 2.03. The molecule has 2 heterocycles. The van der Waals surface area contributed by atoms with Gasteiger partial charge in [-0.05, 0) is 45.3 Å². The van der Waals surface area contributed by atoms with Gasteiger partial charge in [0.1, 0.15) is 5.58 Å². The first kappa shape index (κ1) is 14.7. The lowest BCUT2D eigenvalue weighted by atomic mass is 9.76. The van der Waals surface area contributed by atoms with Gasteiger partial charge in [-0.2, -0.15) is 0 Å². The second kappa shape index (κ2) is 4.59. The van der Waals surface area contributed by atoms with Gasteiger partial charge in [-0.15, -0.1) is 0 Å². The smallest absolute Gasteiger partial charge is 0.453 e. The van der Waals surface area contributed by atoms with E-state index in [9.17, 15) is 4.39 Å². The molecule has 118 valence electrons. The predicted molar refractivity (Wildman–Crippen MR) is 89.4 cm³/mol. The van der Waals surface area contributed by atoms with Crippen LogP contribution in [0.1, 0.15) is 27.7 Å². The highest BCUT2D eigenvalue weighted by Crippen LogP contribution is 2.38. The van der Waals surface area contributed by atoms with E-state index in [2.05, 4.69) is 0 Å². The van der Waals surface area contributed by atoms with Gasteiger partial charge in [0, 0.05) is 10.8 Å². The summed E-state index contributed by atoms with van der Waals surface area (Å²) in [7, 11) is -0.552. The van der Waals surface area contributed by atoms with Crippen molar-refractivity contribution < 1.29 is 18.1 Å². The summed E-state index contributed by atoms with van der Waals surface area (Å²) < 4.78 is 32.2. The van der Waals surface area contributed by atoms with Crippen LogP contribution in [0, 0.1) is 5.82 Å². The Balaban J connectivity index is 1.97. The van der Waals surface area contributed by atoms with Crippen LogP contribution in [0.25, 0.3) is 21.9 Å². The molecule has 1 saturated heterocycles. The van der Waals surface area contributed by atoms with Crippen LogP contribution in [0.3, 0.4) is 0 Å². The molecule has 23 heavy (non-hydrogen) atoms. The Bertz CT molecular complexity index is 897. The van der Waals surface area contributed by atoms with Crippen LogP contribution in [-0.2, 0) is 9.31 Å². The Morgan fingerprint density at radius 2 is 1.57 bits per heavy atom. The van der Waals surface area contributed by atoms with Crippen molar-refractivity contribution >= 4 is 34.5 Å². The zero-order valence-corrected chi connectivity index (χ0v) is 13.6. The van der Waals surface area contributed by atoms with Crippen LogP contribution >= 0.6 is 0 Å². The Morgan fingerprint density at radius 1 is 0.913 bits per heavy atom. The predicted octanol–water partition coefficient (Wildman–Crippen LogP) is 4.02. The lowest BCUT2D eigenvalue weighted by Crippen LogP contribution is -2.41. The van der Waals surface area contributed by atoms with Gasteiger partial charge in [0.25, 0.3) is 0 Å². The number of hydrogen-bond acceptors (Lipinski definition) is 3. The average molecular weight is 312 g/mol. The highest BCUT2D eigenvalue weighted by molar-refractivity contribution is 6.66. The van der Waals surface area contributed by atoms with E-state index in [0.29, 0.717) is 5.58 Å². The summed E-state index contributed by atoms with van der Waals surface area (Å²) in [4.78, 5) is 0. The maximum absolute atomic E-state index is 14.2. The number of furan rings is 1. The van der Waals surface area contributed by atoms with Crippen molar-refractivity contribution in [1.29, 1.82) is 0 Å². The van der Waals surface area contributed by atoms with Crippen molar-refractivity contribution in [2.75, 3.05) is 0 Å². The third-order valence-corrected chi connectivity index (χ3v) is 5.02. The number of hydrogen-bond donors (Lipinski definition) is 0. The van der Waals surface area contributed by atoms with Crippen LogP contribution in [0.2, 0.25) is 0 Å². The van der Waals surface area contributed by atoms with E-state index >= 15 is 0 Å². The molecule has 1 aliphatic heterocycles. The first-order valence-electron chi connectivity index (χ1n) is 7.75. The van der Waals surface area contributed by atoms with Crippen LogP contribution < -0.4 is 5.46 Å². The molecule has 0 bridgehead atoms. The lowest BCUT2D eigenvalue weighted by Gasteiger charge is -2.32. The van der Waals surface area contributed by atoms with E-state index < -0.39 is 18.3 Å². The molecule has 3 aromatic rings. The SMILES string of the molecule is CC1(C)OB(c2ccc(F)c3oc4ccccc4c23)OC1(C)C. The molecule has 4 rings (SSSR count). The number of rotatable bonds is 1. The van der Waals surface area contributed by atoms with Crippen molar-refractivity contribution in [2.24, 2.45) is 0 Å². The monoisotopic (exact) mass is 312 g/mol. The zero-order valence-electron chi connectivity index (χ0n) is 13.6. The van der Waals surface area contributed by atoms with Crippen LogP contribution in [0.5, 0.6) is 0 Å². The zero-order chi connectivity index (χ0) is 16.4. The molecular formula is C18H18BFO3. The molecule has 3 nitrogen and oxygen atoms in total. The number of benzene rings is 2. The highest BCUT2D eigenvalue weighted by Gasteiger charge is 2.52. The first-order valence-corrected chi connectivity index (χ1v) is 7.75. The minimum absolute atomic E-state index is 0.249. The van der Waals surface area contributed by atoms with Crippen molar-refractivity contribution in [3.05, 3.63) is 42.2 Å². The fraction of sp³-hybridized carbons (Fsp3) is 0.333. The van der Waals surface area contributed by atoms with E-state index in [0.717, 1.165) is 16.2 Å². The maximum atomic E-state index is 14.2. The fourth-order valence-electron chi connectivity index (χ4n) is 2.99. The Hall–Kier alpha value is -1.85. The van der Waals surface area contributed by atoms with E-state index in [-0.39, 0.29) is 11.4 Å². The lowest BCUT2D eigenvalue weighted by molar-refractivity contribution is 0.00578. The normalized spacial score (nSPS) is 19.8. The molecule has 0 atom stereocenters. The van der Waals surface area contributed by atoms with Crippen molar-refractivity contribution in [3.8, 4) is 0 Å². The van der Waals surface area contributed by atoms with E-state index in [1.54, 1.807) is 6.07 Å². The Labute approximate surface area is 134 Å². The van der Waals surface area contributed by atoms with E-state index in [4.69, 9.17) is 13.7 Å². The fourth-order valence-corrected chi connectivity index (χ4v) is 2.99. The topological polar surface area (TPSA) is 31.6 Å². The van der Waals surface area contributed by atoms with Gasteiger partial charge in [0.15, 0.2) is 11.4 Å². The second-order valence-corrected chi connectivity index (χ2v) is 7.03. The van der Waals surface area contributed by atoms with Gasteiger partial charge in [0.05, 0.1) is 11.2 Å². The molecule has 1 fully saturated rings. The Morgan fingerprint density at radius 3 is 2.26 bits per heavy atom. The molecule has 0 saturated carbocycles. The number of halogens is 1. The summed E-state index contributed by atoms with van der Waals surface area (Å²) in [6, 6.07) is 10.7. The molecule has 1 aromatic heterocycles. The summed E-state index contributed by atoms with van der Waals surface area (Å²) in [5.41, 5.74) is 0.810. The van der Waals surface area contributed by atoms with Crippen LogP contribution in [-0.4, -0.2) is 18.3 Å². The molecule has 0 N–H and O–H groups in total. The van der Waals surface area contributed by atoms with Crippen molar-refractivity contribution in [3.63, 3.8) is 0 Å². The van der Waals surface area contributed by atoms with Gasteiger partial charge < -0.3 is 13.7 Å². The average Bonchev–Trinajstić information content (AvgIpc) is 2.96. The second-order valence-electron chi connectivity index (χ2n) is 7.03. The van der Waals surface area contributed by atoms with Crippen molar-refractivity contribution in [2.45, 2.75) is 38.9 Å². The highest BCUT2D eigenvalue weighted by atomic mass is 19.1. The molecule has 0 amide bonds. The summed E-state index contributed by atoms with van der Waals surface area (Å²) in [5, 5.41) is 1.59. The number of para-hydroxylation sites is 1. The van der Waals surface area contributed by atoms with Gasteiger partial charge in [-0.1, -0.05) is 24.3 Å². The summed E-state index contributed by atoms with van der Waals surface area (Å²) in [6.45, 7) is 8.00. The molecule has 5 heteroatoms. The quantitative estimate of drug-likeness (QED) is 0.636. The van der Waals surface area contributed by atoms with Gasteiger partial charge in [-0.25, -0.2) is 4.39 Å². The minimum Gasteiger partial charge on any atom is -0.453 e. The first-order chi connectivity index (χ1) is 10.8. The molecule has 0 radical (unpaired) electrons. The molecule has 0 unspecified atom stereocenters. The van der Waals surface area contributed by atoms with Gasteiger partial charge in [0.2, 0.25) is 0 Å². The van der Waals surface area contributed by atoms with Gasteiger partial charge in [-0.3, -0.25) is 0 Å². The summed E-state index contributed by atoms with van der Waals surface area (Å²) in [5.74, 6) is -0.378. The minimum atomic E-state index is -0.552. The summed E-state index contributed by atoms with van der Waals surface area (Å²) >= 11 is 0. The molecule has 0 spiro atoms. The van der Waals surface area contributed by atoms with Gasteiger partial charge >= 0.3 is 7.12 Å². The molecular weight excluding hydrogens is 294 g/mol. The summed E-state index contributed by atoms with van der Waals surface area (Å²) in [6.07, 6.45) is 0. The molecule has 1 aliphatic rings. The van der Waals surface area contributed by atoms with E-state index in [1.807, 2.05) is 52.0 Å². The molecule has 2 aromatic carbocycles. The van der Waals surface area contributed by atoms with Crippen molar-refractivity contribution in [1.82, 2.24) is 0 Å². The Kier molecular flexibility index (Phi) is 2.94. The maximum Gasteiger partial charge on any atom is 0.495 e. The largest absolute Gasteiger partial charge is 0.495 e. The van der Waals surface area contributed by atoms with Crippen LogP contribution in [0.4, 0.5) is 4.39 Å². The molecule has 0 aliphatic carbocycles. The standard InChI is InChI=1S/C18H18BFO3/c1-17(2)18(3,4)23-19(22-17)12-9-10-13(20)16-15(12)11-7-5-6-8-14(11)21-16/h5-10H,1-4H3. The van der Waals surface area contributed by atoms with E-state index in [1.165, 1.54) is 6.07 Å². The number of fused-ring (bicyclic) bond motifs is 3. The van der Waals surface area contributed by atoms with Crippen LogP contribution in [0.15, 0.2) is 40.8 Å². The third-order valence-electron chi connectivity index (χ3n) is 5.02.